The van der Waals surface area contributed by atoms with Gasteiger partial charge in [-0.15, -0.1) is 0 Å². The Morgan fingerprint density at radius 2 is 0.758 bits per heavy atom. The van der Waals surface area contributed by atoms with Crippen LogP contribution < -0.4 is 0 Å². The third kappa shape index (κ3) is 5.45. The van der Waals surface area contributed by atoms with Crippen LogP contribution in [0.3, 0.4) is 0 Å². The fourth-order valence-electron chi connectivity index (χ4n) is 10.5. The minimum Gasteiger partial charge on any atom is -0.456 e. The van der Waals surface area contributed by atoms with Gasteiger partial charge in [0.05, 0.1) is 0 Å². The Labute approximate surface area is 378 Å². The molecule has 0 saturated carbocycles. The molecule has 0 unspecified atom stereocenters. The van der Waals surface area contributed by atoms with E-state index in [0.717, 1.165) is 93.6 Å². The van der Waals surface area contributed by atoms with Gasteiger partial charge in [-0.2, -0.15) is 0 Å². The highest BCUT2D eigenvalue weighted by molar-refractivity contribution is 6.14. The molecule has 310 valence electrons. The summed E-state index contributed by atoms with van der Waals surface area (Å²) in [6, 6.07) is 65.6. The largest absolute Gasteiger partial charge is 0.456 e. The number of nitrogens with zero attached hydrogens (tertiary/aromatic N) is 3. The first-order chi connectivity index (χ1) is 32.4. The van der Waals surface area contributed by atoms with Crippen LogP contribution in [-0.4, -0.2) is 15.0 Å². The summed E-state index contributed by atoms with van der Waals surface area (Å²) >= 11 is 0. The number of rotatable bonds is 5. The monoisotopic (exact) mass is 847 g/mol. The lowest BCUT2D eigenvalue weighted by Gasteiger charge is -2.21. The lowest BCUT2D eigenvalue weighted by Crippen LogP contribution is -2.14. The van der Waals surface area contributed by atoms with Crippen LogP contribution in [0, 0.1) is 0 Å². The lowest BCUT2D eigenvalue weighted by atomic mass is 9.82. The van der Waals surface area contributed by atoms with Crippen molar-refractivity contribution < 1.29 is 13.3 Å². The predicted molar refractivity (Wildman–Crippen MR) is 266 cm³/mol. The number of aromatic nitrogens is 3. The summed E-state index contributed by atoms with van der Waals surface area (Å²) in [5, 5.41) is 5.93. The van der Waals surface area contributed by atoms with E-state index < -0.39 is 0 Å². The normalized spacial score (nSPS) is 13.1. The molecule has 0 spiro atoms. The van der Waals surface area contributed by atoms with E-state index in [1.54, 1.807) is 0 Å². The first kappa shape index (κ1) is 36.8. The highest BCUT2D eigenvalue weighted by Crippen LogP contribution is 2.50. The molecule has 0 saturated heterocycles. The van der Waals surface area contributed by atoms with E-state index in [-0.39, 0.29) is 5.41 Å². The molecule has 0 amide bonds. The Morgan fingerprint density at radius 1 is 0.303 bits per heavy atom. The van der Waals surface area contributed by atoms with Crippen molar-refractivity contribution >= 4 is 65.8 Å². The highest BCUT2D eigenvalue weighted by Gasteiger charge is 2.35. The van der Waals surface area contributed by atoms with Gasteiger partial charge in [0.1, 0.15) is 33.5 Å². The van der Waals surface area contributed by atoms with Gasteiger partial charge >= 0.3 is 0 Å². The van der Waals surface area contributed by atoms with Gasteiger partial charge in [-0.25, -0.2) is 15.0 Å². The summed E-state index contributed by atoms with van der Waals surface area (Å²) in [4.78, 5) is 15.8. The van der Waals surface area contributed by atoms with Crippen molar-refractivity contribution in [2.75, 3.05) is 0 Å². The van der Waals surface area contributed by atoms with Gasteiger partial charge in [-0.1, -0.05) is 141 Å². The third-order valence-electron chi connectivity index (χ3n) is 13.8. The van der Waals surface area contributed by atoms with Crippen LogP contribution in [0.1, 0.15) is 25.0 Å². The van der Waals surface area contributed by atoms with Crippen molar-refractivity contribution in [1.82, 2.24) is 15.0 Å². The average Bonchev–Trinajstić information content (AvgIpc) is 4.11. The van der Waals surface area contributed by atoms with E-state index >= 15 is 0 Å². The summed E-state index contributed by atoms with van der Waals surface area (Å²) in [6.07, 6.45) is 0. The molecule has 6 nitrogen and oxygen atoms in total. The van der Waals surface area contributed by atoms with Crippen LogP contribution in [0.5, 0.6) is 0 Å². The fraction of sp³-hybridized carbons (Fsp3) is 0.0500. The Morgan fingerprint density at radius 3 is 1.48 bits per heavy atom. The Hall–Kier alpha value is -8.61. The van der Waals surface area contributed by atoms with Crippen LogP contribution in [0.15, 0.2) is 201 Å². The fourth-order valence-corrected chi connectivity index (χ4v) is 10.5. The molecule has 1 aliphatic rings. The van der Waals surface area contributed by atoms with Crippen LogP contribution >= 0.6 is 0 Å². The zero-order chi connectivity index (χ0) is 43.7. The first-order valence-corrected chi connectivity index (χ1v) is 22.3. The molecule has 1 aliphatic carbocycles. The summed E-state index contributed by atoms with van der Waals surface area (Å²) in [7, 11) is 0. The quantitative estimate of drug-likeness (QED) is 0.172. The maximum absolute atomic E-state index is 6.57. The SMILES string of the molecule is CC1(C)c2ccccc2-c2cc(-c3ccc(-c4ccc5oc6cccc(-c7nc(-c8ccc9oc%10ccccc%10c9c8)nc(-c8cccc9oc%10ccccc%10c89)n7)c6c5c4)cc3)ccc21. The van der Waals surface area contributed by atoms with Crippen molar-refractivity contribution in [3.05, 3.63) is 199 Å². The zero-order valence-corrected chi connectivity index (χ0v) is 36.0. The number of benzene rings is 9. The summed E-state index contributed by atoms with van der Waals surface area (Å²) in [6.45, 7) is 4.64. The molecule has 4 heterocycles. The van der Waals surface area contributed by atoms with Crippen LogP contribution in [0.4, 0.5) is 0 Å². The van der Waals surface area contributed by atoms with Crippen LogP contribution in [-0.2, 0) is 5.41 Å². The van der Waals surface area contributed by atoms with E-state index in [1.165, 1.54) is 33.4 Å². The Kier molecular flexibility index (Phi) is 7.64. The van der Waals surface area contributed by atoms with Gasteiger partial charge in [0.15, 0.2) is 17.5 Å². The molecule has 0 atom stereocenters. The van der Waals surface area contributed by atoms with Gasteiger partial charge < -0.3 is 13.3 Å². The van der Waals surface area contributed by atoms with Gasteiger partial charge in [-0.3, -0.25) is 0 Å². The van der Waals surface area contributed by atoms with E-state index in [9.17, 15) is 0 Å². The molecule has 0 bridgehead atoms. The number of para-hydroxylation sites is 2. The summed E-state index contributed by atoms with van der Waals surface area (Å²) in [5.41, 5.74) is 17.3. The molecule has 0 aliphatic heterocycles. The van der Waals surface area contributed by atoms with Crippen molar-refractivity contribution in [1.29, 1.82) is 0 Å². The topological polar surface area (TPSA) is 78.1 Å². The van der Waals surface area contributed by atoms with E-state index in [1.807, 2.05) is 72.8 Å². The number of hydrogen-bond donors (Lipinski definition) is 0. The molecule has 0 radical (unpaired) electrons. The second kappa shape index (κ2) is 13.7. The Balaban J connectivity index is 0.913. The smallest absolute Gasteiger partial charge is 0.164 e. The molecular formula is C60H37N3O3. The predicted octanol–water partition coefficient (Wildman–Crippen LogP) is 16.2. The maximum Gasteiger partial charge on any atom is 0.164 e. The molecule has 0 N–H and O–H groups in total. The second-order valence-electron chi connectivity index (χ2n) is 17.9. The molecule has 4 aromatic heterocycles. The lowest BCUT2D eigenvalue weighted by molar-refractivity contribution is 0.660. The summed E-state index contributed by atoms with van der Waals surface area (Å²) < 4.78 is 19.1. The van der Waals surface area contributed by atoms with E-state index in [2.05, 4.69) is 129 Å². The van der Waals surface area contributed by atoms with Crippen LogP contribution in [0.2, 0.25) is 0 Å². The van der Waals surface area contributed by atoms with Gasteiger partial charge in [0, 0.05) is 54.4 Å². The molecule has 66 heavy (non-hydrogen) atoms. The zero-order valence-electron chi connectivity index (χ0n) is 36.0. The molecule has 13 aromatic rings. The third-order valence-corrected chi connectivity index (χ3v) is 13.8. The number of hydrogen-bond acceptors (Lipinski definition) is 6. The van der Waals surface area contributed by atoms with E-state index in [0.29, 0.717) is 17.5 Å². The first-order valence-electron chi connectivity index (χ1n) is 22.3. The minimum absolute atomic E-state index is 0.0201. The standard InChI is InChI=1S/C60H37N3O3/c1-60(2)47-16-6-3-11-39(47)44-31-36(25-28-48(44)60)34-21-23-35(24-22-34)37-26-29-52-46(32-37)56-43(15-10-20-54(56)66-52)59-62-57(38-27-30-51-45(33-38)40-12-4-7-17-49(40)64-51)61-58(63-59)42-14-9-19-53-55(42)41-13-5-8-18-50(41)65-53/h3-33H,1-2H3. The number of furan rings is 3. The highest BCUT2D eigenvalue weighted by atomic mass is 16.3. The molecule has 9 aromatic carbocycles. The maximum atomic E-state index is 6.57. The van der Waals surface area contributed by atoms with Crippen molar-refractivity contribution in [3.8, 4) is 67.5 Å². The van der Waals surface area contributed by atoms with Gasteiger partial charge in [0.2, 0.25) is 0 Å². The van der Waals surface area contributed by atoms with E-state index in [4.69, 9.17) is 28.2 Å². The summed E-state index contributed by atoms with van der Waals surface area (Å²) in [5.74, 6) is 1.64. The van der Waals surface area contributed by atoms with Gasteiger partial charge in [0.25, 0.3) is 0 Å². The average molecular weight is 848 g/mol. The molecule has 14 rings (SSSR count). The molecule has 0 fully saturated rings. The molecular weight excluding hydrogens is 811 g/mol. The van der Waals surface area contributed by atoms with Crippen molar-refractivity contribution in [2.45, 2.75) is 19.3 Å². The second-order valence-corrected chi connectivity index (χ2v) is 17.9. The van der Waals surface area contributed by atoms with Crippen molar-refractivity contribution in [3.63, 3.8) is 0 Å². The van der Waals surface area contributed by atoms with Crippen LogP contribution in [0.25, 0.3) is 133 Å². The number of fused-ring (bicyclic) bond motifs is 12. The minimum atomic E-state index is -0.0201. The Bertz CT molecular complexity index is 4150. The van der Waals surface area contributed by atoms with Crippen molar-refractivity contribution in [2.24, 2.45) is 0 Å². The van der Waals surface area contributed by atoms with Gasteiger partial charge in [-0.05, 0) is 105 Å². The molecule has 6 heteroatoms.